The third-order valence-electron chi connectivity index (χ3n) is 3.07. The van der Waals surface area contributed by atoms with Crippen molar-refractivity contribution in [3.05, 3.63) is 51.8 Å². The number of nitrogens with zero attached hydrogens (tertiary/aromatic N) is 3. The first-order chi connectivity index (χ1) is 9.69. The van der Waals surface area contributed by atoms with Crippen molar-refractivity contribution in [1.82, 2.24) is 15.0 Å². The van der Waals surface area contributed by atoms with Gasteiger partial charge in [-0.25, -0.2) is 9.97 Å². The highest BCUT2D eigenvalue weighted by molar-refractivity contribution is 9.10. The third-order valence-corrected chi connectivity index (χ3v) is 3.95. The van der Waals surface area contributed by atoms with Crippen LogP contribution in [0.3, 0.4) is 0 Å². The molecule has 3 rings (SSSR count). The lowest BCUT2D eigenvalue weighted by atomic mass is 10.1. The number of hydrogen-bond acceptors (Lipinski definition) is 3. The Morgan fingerprint density at radius 3 is 2.85 bits per heavy atom. The summed E-state index contributed by atoms with van der Waals surface area (Å²) in [7, 11) is 0. The highest BCUT2D eigenvalue weighted by Crippen LogP contribution is 2.30. The van der Waals surface area contributed by atoms with Gasteiger partial charge in [0.25, 0.3) is 0 Å². The first-order valence-corrected chi connectivity index (χ1v) is 7.43. The summed E-state index contributed by atoms with van der Waals surface area (Å²) < 4.78 is 1.00. The number of halogens is 2. The molecule has 5 heteroatoms. The minimum Gasteiger partial charge on any atom is -0.255 e. The Hall–Kier alpha value is -1.52. The van der Waals surface area contributed by atoms with Gasteiger partial charge in [0.1, 0.15) is 5.15 Å². The number of rotatable bonds is 2. The Balaban J connectivity index is 2.30. The molecule has 100 valence electrons. The number of aromatic nitrogens is 3. The SMILES string of the molecule is CCc1cc(Cl)nc(-c2ccc(Br)c3cccnc23)n1. The van der Waals surface area contributed by atoms with Crippen LogP contribution >= 0.6 is 27.5 Å². The van der Waals surface area contributed by atoms with E-state index in [1.54, 1.807) is 12.3 Å². The van der Waals surface area contributed by atoms with Gasteiger partial charge in [-0.15, -0.1) is 0 Å². The summed E-state index contributed by atoms with van der Waals surface area (Å²) in [5.74, 6) is 0.616. The Morgan fingerprint density at radius 1 is 1.20 bits per heavy atom. The molecule has 0 spiro atoms. The van der Waals surface area contributed by atoms with E-state index in [9.17, 15) is 0 Å². The first kappa shape index (κ1) is 13.5. The van der Waals surface area contributed by atoms with E-state index in [0.29, 0.717) is 11.0 Å². The normalized spacial score (nSPS) is 10.9. The fourth-order valence-corrected chi connectivity index (χ4v) is 2.74. The van der Waals surface area contributed by atoms with Crippen LogP contribution in [-0.2, 0) is 6.42 Å². The molecule has 0 saturated carbocycles. The molecule has 2 aromatic heterocycles. The second-order valence-electron chi connectivity index (χ2n) is 4.35. The van der Waals surface area contributed by atoms with Gasteiger partial charge < -0.3 is 0 Å². The van der Waals surface area contributed by atoms with Gasteiger partial charge in [-0.05, 0) is 30.7 Å². The molecule has 0 aliphatic heterocycles. The molecule has 0 amide bonds. The smallest absolute Gasteiger partial charge is 0.163 e. The fraction of sp³-hybridized carbons (Fsp3) is 0.133. The Morgan fingerprint density at radius 2 is 2.05 bits per heavy atom. The highest BCUT2D eigenvalue weighted by Gasteiger charge is 2.11. The topological polar surface area (TPSA) is 38.7 Å². The van der Waals surface area contributed by atoms with E-state index in [0.717, 1.165) is 33.1 Å². The van der Waals surface area contributed by atoms with E-state index in [4.69, 9.17) is 11.6 Å². The summed E-state index contributed by atoms with van der Waals surface area (Å²) in [4.78, 5) is 13.3. The molecular formula is C15H11BrClN3. The molecule has 1 aromatic carbocycles. The zero-order valence-electron chi connectivity index (χ0n) is 10.8. The van der Waals surface area contributed by atoms with E-state index >= 15 is 0 Å². The maximum absolute atomic E-state index is 6.08. The Kier molecular flexibility index (Phi) is 3.68. The average Bonchev–Trinajstić information content (AvgIpc) is 2.47. The summed E-state index contributed by atoms with van der Waals surface area (Å²) >= 11 is 9.62. The van der Waals surface area contributed by atoms with Gasteiger partial charge in [0.2, 0.25) is 0 Å². The zero-order valence-corrected chi connectivity index (χ0v) is 13.1. The fourth-order valence-electron chi connectivity index (χ4n) is 2.08. The van der Waals surface area contributed by atoms with Crippen LogP contribution in [0.2, 0.25) is 5.15 Å². The average molecular weight is 349 g/mol. The van der Waals surface area contributed by atoms with Gasteiger partial charge in [0.05, 0.1) is 5.52 Å². The number of fused-ring (bicyclic) bond motifs is 1. The predicted octanol–water partition coefficient (Wildman–Crippen LogP) is 4.67. The van der Waals surface area contributed by atoms with Crippen LogP contribution in [0, 0.1) is 0 Å². The molecule has 0 radical (unpaired) electrons. The van der Waals surface area contributed by atoms with Crippen molar-refractivity contribution in [3.63, 3.8) is 0 Å². The molecule has 0 saturated heterocycles. The summed E-state index contributed by atoms with van der Waals surface area (Å²) in [6.45, 7) is 2.04. The zero-order chi connectivity index (χ0) is 14.1. The molecule has 0 bridgehead atoms. The standard InChI is InChI=1S/C15H11BrClN3/c1-2-9-8-13(17)20-15(19-9)11-5-6-12(16)10-4-3-7-18-14(10)11/h3-8H,2H2,1H3. The lowest BCUT2D eigenvalue weighted by Gasteiger charge is -2.08. The lowest BCUT2D eigenvalue weighted by Crippen LogP contribution is -1.96. The van der Waals surface area contributed by atoms with Crippen molar-refractivity contribution in [2.75, 3.05) is 0 Å². The number of pyridine rings is 1. The predicted molar refractivity (Wildman–Crippen MR) is 84.9 cm³/mol. The van der Waals surface area contributed by atoms with Crippen LogP contribution in [0.25, 0.3) is 22.3 Å². The third kappa shape index (κ3) is 2.41. The molecule has 2 heterocycles. The summed E-state index contributed by atoms with van der Waals surface area (Å²) in [6.07, 6.45) is 2.58. The molecule has 0 unspecified atom stereocenters. The largest absolute Gasteiger partial charge is 0.255 e. The van der Waals surface area contributed by atoms with E-state index in [-0.39, 0.29) is 0 Å². The molecule has 0 aliphatic carbocycles. The molecule has 3 nitrogen and oxygen atoms in total. The van der Waals surface area contributed by atoms with Crippen LogP contribution in [0.4, 0.5) is 0 Å². The summed E-state index contributed by atoms with van der Waals surface area (Å²) in [6, 6.07) is 9.66. The molecular weight excluding hydrogens is 338 g/mol. The van der Waals surface area contributed by atoms with Crippen molar-refractivity contribution in [3.8, 4) is 11.4 Å². The summed E-state index contributed by atoms with van der Waals surface area (Å²) in [5, 5.41) is 1.49. The second kappa shape index (κ2) is 5.46. The number of benzene rings is 1. The van der Waals surface area contributed by atoms with E-state index < -0.39 is 0 Å². The molecule has 20 heavy (non-hydrogen) atoms. The van der Waals surface area contributed by atoms with E-state index in [1.165, 1.54) is 0 Å². The highest BCUT2D eigenvalue weighted by atomic mass is 79.9. The minimum atomic E-state index is 0.457. The van der Waals surface area contributed by atoms with Gasteiger partial charge in [-0.2, -0.15) is 0 Å². The maximum Gasteiger partial charge on any atom is 0.163 e. The lowest BCUT2D eigenvalue weighted by molar-refractivity contribution is 1.01. The molecule has 0 atom stereocenters. The number of aryl methyl sites for hydroxylation is 1. The van der Waals surface area contributed by atoms with Gasteiger partial charge in [-0.1, -0.05) is 40.5 Å². The quantitative estimate of drug-likeness (QED) is 0.632. The van der Waals surface area contributed by atoms with Gasteiger partial charge >= 0.3 is 0 Å². The Labute approximate surface area is 130 Å². The van der Waals surface area contributed by atoms with Crippen LogP contribution in [0.5, 0.6) is 0 Å². The van der Waals surface area contributed by atoms with Crippen molar-refractivity contribution in [1.29, 1.82) is 0 Å². The first-order valence-electron chi connectivity index (χ1n) is 6.26. The number of hydrogen-bond donors (Lipinski definition) is 0. The second-order valence-corrected chi connectivity index (χ2v) is 5.60. The molecule has 0 fully saturated rings. The van der Waals surface area contributed by atoms with E-state index in [1.807, 2.05) is 31.2 Å². The monoisotopic (exact) mass is 347 g/mol. The van der Waals surface area contributed by atoms with Crippen LogP contribution in [0.15, 0.2) is 41.0 Å². The minimum absolute atomic E-state index is 0.457. The molecule has 3 aromatic rings. The molecule has 0 aliphatic rings. The maximum atomic E-state index is 6.08. The summed E-state index contributed by atoms with van der Waals surface area (Å²) in [5.41, 5.74) is 2.68. The van der Waals surface area contributed by atoms with Crippen molar-refractivity contribution >= 4 is 38.4 Å². The van der Waals surface area contributed by atoms with Gasteiger partial charge in [0.15, 0.2) is 5.82 Å². The van der Waals surface area contributed by atoms with Crippen molar-refractivity contribution in [2.45, 2.75) is 13.3 Å². The van der Waals surface area contributed by atoms with Gasteiger partial charge in [0, 0.05) is 27.3 Å². The van der Waals surface area contributed by atoms with Crippen LogP contribution < -0.4 is 0 Å². The van der Waals surface area contributed by atoms with Crippen molar-refractivity contribution in [2.24, 2.45) is 0 Å². The Bertz CT molecular complexity index is 789. The van der Waals surface area contributed by atoms with Crippen LogP contribution in [-0.4, -0.2) is 15.0 Å². The van der Waals surface area contributed by atoms with Crippen LogP contribution in [0.1, 0.15) is 12.6 Å². The van der Waals surface area contributed by atoms with E-state index in [2.05, 4.69) is 30.9 Å². The van der Waals surface area contributed by atoms with Gasteiger partial charge in [-0.3, -0.25) is 4.98 Å². The molecule has 0 N–H and O–H groups in total. The van der Waals surface area contributed by atoms with Crippen molar-refractivity contribution < 1.29 is 0 Å².